The number of amides is 1. The van der Waals surface area contributed by atoms with Crippen LogP contribution in [-0.2, 0) is 0 Å². The molecule has 0 saturated heterocycles. The van der Waals surface area contributed by atoms with E-state index in [0.29, 0.717) is 6.54 Å². The van der Waals surface area contributed by atoms with Gasteiger partial charge in [-0.15, -0.1) is 0 Å². The van der Waals surface area contributed by atoms with Crippen LogP contribution >= 0.6 is 0 Å². The summed E-state index contributed by atoms with van der Waals surface area (Å²) in [6.07, 6.45) is 2.29. The zero-order valence-electron chi connectivity index (χ0n) is 6.51. The lowest BCUT2D eigenvalue weighted by Crippen LogP contribution is -2.36. The first-order valence-corrected chi connectivity index (χ1v) is 3.83. The minimum absolute atomic E-state index is 0.216. The van der Waals surface area contributed by atoms with E-state index < -0.39 is 6.09 Å². The lowest BCUT2D eigenvalue weighted by atomic mass is 10.2. The fourth-order valence-electron chi connectivity index (χ4n) is 0.781. The Hall–Kier alpha value is -0.770. The molecule has 0 fully saturated rings. The average molecular weight is 160 g/mol. The van der Waals surface area contributed by atoms with Crippen LogP contribution in [0.2, 0.25) is 0 Å². The van der Waals surface area contributed by atoms with Crippen LogP contribution in [0, 0.1) is 0 Å². The molecule has 2 N–H and O–H groups in total. The molecule has 0 aliphatic heterocycles. The van der Waals surface area contributed by atoms with Gasteiger partial charge in [-0.25, -0.2) is 0 Å². The van der Waals surface area contributed by atoms with Crippen LogP contribution in [0.25, 0.3) is 0 Å². The van der Waals surface area contributed by atoms with Crippen LogP contribution in [0.4, 0.5) is 4.79 Å². The highest BCUT2D eigenvalue weighted by atomic mass is 16.4. The van der Waals surface area contributed by atoms with Gasteiger partial charge >= 0.3 is 0 Å². The number of carboxylic acid groups (broad SMARTS) is 1. The number of nitrogens with one attached hydrogen (secondary N) is 1. The summed E-state index contributed by atoms with van der Waals surface area (Å²) < 4.78 is 0. The smallest absolute Gasteiger partial charge is 0.134 e. The number of aliphatic hydroxyl groups excluding tert-OH is 1. The predicted molar refractivity (Wildman–Crippen MR) is 39.0 cm³/mol. The van der Waals surface area contributed by atoms with Crippen molar-refractivity contribution in [2.24, 2.45) is 0 Å². The fourth-order valence-corrected chi connectivity index (χ4v) is 0.781. The Morgan fingerprint density at radius 3 is 2.45 bits per heavy atom. The molecule has 0 radical (unpaired) electrons. The molecule has 4 nitrogen and oxygen atoms in total. The standard InChI is InChI=1S/C7H15NO3/c9-6-4-2-1-3-5-8-7(10)11/h8-9H,1-6H2,(H,10,11)/p-1. The van der Waals surface area contributed by atoms with Gasteiger partial charge in [0.25, 0.3) is 0 Å². The molecule has 0 bridgehead atoms. The van der Waals surface area contributed by atoms with Crippen molar-refractivity contribution in [2.45, 2.75) is 25.7 Å². The molecule has 0 aromatic heterocycles. The zero-order chi connectivity index (χ0) is 8.53. The second-order valence-corrected chi connectivity index (χ2v) is 2.35. The predicted octanol–water partition coefficient (Wildman–Crippen LogP) is -0.528. The molecule has 11 heavy (non-hydrogen) atoms. The Morgan fingerprint density at radius 1 is 1.27 bits per heavy atom. The van der Waals surface area contributed by atoms with Crippen molar-refractivity contribution in [3.05, 3.63) is 0 Å². The number of rotatable bonds is 6. The van der Waals surface area contributed by atoms with E-state index in [1.807, 2.05) is 0 Å². The Bertz CT molecular complexity index is 106. The molecule has 66 valence electrons. The first-order valence-electron chi connectivity index (χ1n) is 3.83. The number of carbonyl (C=O) groups is 1. The Labute approximate surface area is 66.2 Å². The van der Waals surface area contributed by atoms with Crippen molar-refractivity contribution < 1.29 is 15.0 Å². The molecule has 0 aliphatic carbocycles. The maximum atomic E-state index is 9.83. The van der Waals surface area contributed by atoms with Crippen LogP contribution in [0.5, 0.6) is 0 Å². The zero-order valence-corrected chi connectivity index (χ0v) is 6.51. The molecule has 0 atom stereocenters. The van der Waals surface area contributed by atoms with E-state index in [4.69, 9.17) is 5.11 Å². The van der Waals surface area contributed by atoms with Gasteiger partial charge in [0.2, 0.25) is 0 Å². The largest absolute Gasteiger partial charge is 0.530 e. The number of unbranched alkanes of at least 4 members (excludes halogenated alkanes) is 3. The SMILES string of the molecule is O=C([O-])NCCCCCCO. The van der Waals surface area contributed by atoms with Crippen LogP contribution in [-0.4, -0.2) is 24.4 Å². The molecule has 0 aromatic rings. The van der Waals surface area contributed by atoms with Gasteiger partial charge in [-0.3, -0.25) is 0 Å². The summed E-state index contributed by atoms with van der Waals surface area (Å²) in [7, 11) is 0. The number of aliphatic hydroxyl groups is 1. The van der Waals surface area contributed by atoms with Crippen LogP contribution in [0.3, 0.4) is 0 Å². The first kappa shape index (κ1) is 10.2. The van der Waals surface area contributed by atoms with Crippen molar-refractivity contribution in [2.75, 3.05) is 13.2 Å². The maximum Gasteiger partial charge on any atom is 0.134 e. The number of carbonyl (C=O) groups excluding carboxylic acids is 1. The topological polar surface area (TPSA) is 72.4 Å². The molecule has 0 saturated carbocycles. The Balaban J connectivity index is 2.85. The number of hydrogen-bond donors (Lipinski definition) is 2. The van der Waals surface area contributed by atoms with E-state index in [9.17, 15) is 9.90 Å². The molecular weight excluding hydrogens is 146 g/mol. The van der Waals surface area contributed by atoms with Gasteiger partial charge in [-0.05, 0) is 12.8 Å². The normalized spacial score (nSPS) is 9.55. The van der Waals surface area contributed by atoms with Crippen LogP contribution < -0.4 is 10.4 Å². The molecule has 0 aromatic carbocycles. The van der Waals surface area contributed by atoms with Crippen LogP contribution in [0.15, 0.2) is 0 Å². The van der Waals surface area contributed by atoms with Crippen molar-refractivity contribution in [1.82, 2.24) is 5.32 Å². The van der Waals surface area contributed by atoms with Gasteiger partial charge in [0, 0.05) is 13.2 Å². The van der Waals surface area contributed by atoms with Gasteiger partial charge < -0.3 is 20.3 Å². The highest BCUT2D eigenvalue weighted by Crippen LogP contribution is 1.96. The van der Waals surface area contributed by atoms with Crippen molar-refractivity contribution in [3.8, 4) is 0 Å². The molecule has 1 amide bonds. The van der Waals surface area contributed by atoms with Gasteiger partial charge in [-0.2, -0.15) is 0 Å². The molecule has 0 spiro atoms. The van der Waals surface area contributed by atoms with Crippen molar-refractivity contribution in [1.29, 1.82) is 0 Å². The van der Waals surface area contributed by atoms with Crippen molar-refractivity contribution in [3.63, 3.8) is 0 Å². The molecule has 0 unspecified atom stereocenters. The van der Waals surface area contributed by atoms with E-state index in [1.165, 1.54) is 0 Å². The van der Waals surface area contributed by atoms with Crippen molar-refractivity contribution >= 4 is 6.09 Å². The van der Waals surface area contributed by atoms with E-state index in [-0.39, 0.29) is 6.61 Å². The quantitative estimate of drug-likeness (QED) is 0.513. The Kier molecular flexibility index (Phi) is 6.82. The molecule has 0 heterocycles. The molecular formula is C7H14NO3-. The molecule has 0 aliphatic rings. The maximum absolute atomic E-state index is 9.83. The minimum Gasteiger partial charge on any atom is -0.530 e. The fraction of sp³-hybridized carbons (Fsp3) is 0.857. The van der Waals surface area contributed by atoms with E-state index in [1.54, 1.807) is 0 Å². The van der Waals surface area contributed by atoms with E-state index in [0.717, 1.165) is 25.7 Å². The lowest BCUT2D eigenvalue weighted by molar-refractivity contribution is -0.250. The highest BCUT2D eigenvalue weighted by molar-refractivity contribution is 5.61. The van der Waals surface area contributed by atoms with Gasteiger partial charge in [0.15, 0.2) is 0 Å². The Morgan fingerprint density at radius 2 is 1.91 bits per heavy atom. The highest BCUT2D eigenvalue weighted by Gasteiger charge is 1.88. The summed E-state index contributed by atoms with van der Waals surface area (Å²) in [4.78, 5) is 9.83. The first-order chi connectivity index (χ1) is 5.27. The second kappa shape index (κ2) is 7.34. The van der Waals surface area contributed by atoms with Gasteiger partial charge in [0.05, 0.1) is 0 Å². The second-order valence-electron chi connectivity index (χ2n) is 2.35. The minimum atomic E-state index is -1.22. The van der Waals surface area contributed by atoms with Gasteiger partial charge in [0.1, 0.15) is 6.09 Å². The lowest BCUT2D eigenvalue weighted by Gasteiger charge is -2.04. The summed E-state index contributed by atoms with van der Waals surface area (Å²) in [5, 5.41) is 20.4. The van der Waals surface area contributed by atoms with Gasteiger partial charge in [-0.1, -0.05) is 12.8 Å². The summed E-state index contributed by atoms with van der Waals surface area (Å²) >= 11 is 0. The third-order valence-electron chi connectivity index (χ3n) is 1.35. The molecule has 0 rings (SSSR count). The third kappa shape index (κ3) is 9.23. The van der Waals surface area contributed by atoms with Crippen LogP contribution in [0.1, 0.15) is 25.7 Å². The molecule has 4 heteroatoms. The summed E-state index contributed by atoms with van der Waals surface area (Å²) in [6, 6.07) is 0. The monoisotopic (exact) mass is 160 g/mol. The number of hydrogen-bond acceptors (Lipinski definition) is 3. The van der Waals surface area contributed by atoms with E-state index in [2.05, 4.69) is 5.32 Å². The average Bonchev–Trinajstić information content (AvgIpc) is 1.96. The third-order valence-corrected chi connectivity index (χ3v) is 1.35. The summed E-state index contributed by atoms with van der Waals surface area (Å²) in [5.41, 5.74) is 0. The van der Waals surface area contributed by atoms with E-state index >= 15 is 0 Å². The summed E-state index contributed by atoms with van der Waals surface area (Å²) in [6.45, 7) is 0.668. The summed E-state index contributed by atoms with van der Waals surface area (Å²) in [5.74, 6) is 0.